The Balaban J connectivity index is 1.40. The Hall–Kier alpha value is -3.36. The van der Waals surface area contributed by atoms with Crippen molar-refractivity contribution in [1.29, 1.82) is 0 Å². The van der Waals surface area contributed by atoms with Crippen LogP contribution in [-0.4, -0.2) is 23.8 Å². The van der Waals surface area contributed by atoms with Crippen molar-refractivity contribution in [3.63, 3.8) is 0 Å². The summed E-state index contributed by atoms with van der Waals surface area (Å²) in [7, 11) is 0. The first-order chi connectivity index (χ1) is 16.7. The highest BCUT2D eigenvalue weighted by Gasteiger charge is 2.25. The molecule has 35 heavy (non-hydrogen) atoms. The molecular weight excluding hydrogens is 486 g/mol. The van der Waals surface area contributed by atoms with E-state index in [0.29, 0.717) is 32.6 Å². The summed E-state index contributed by atoms with van der Waals surface area (Å²) in [6.45, 7) is 3.46. The first kappa shape index (κ1) is 24.8. The summed E-state index contributed by atoms with van der Waals surface area (Å²) >= 11 is 7.53. The van der Waals surface area contributed by atoms with Gasteiger partial charge in [0.1, 0.15) is 10.8 Å². The van der Waals surface area contributed by atoms with E-state index in [1.807, 2.05) is 6.92 Å². The molecule has 0 unspecified atom stereocenters. The van der Waals surface area contributed by atoms with Gasteiger partial charge in [-0.15, -0.1) is 11.3 Å². The van der Waals surface area contributed by atoms with Crippen molar-refractivity contribution in [3.05, 3.63) is 74.6 Å². The zero-order chi connectivity index (χ0) is 25.1. The number of amides is 3. The van der Waals surface area contributed by atoms with Gasteiger partial charge in [-0.25, -0.2) is 0 Å². The number of anilines is 2. The van der Waals surface area contributed by atoms with Crippen LogP contribution < -0.4 is 21.1 Å². The Morgan fingerprint density at radius 2 is 1.77 bits per heavy atom. The van der Waals surface area contributed by atoms with E-state index >= 15 is 0 Å². The second kappa shape index (κ2) is 10.5. The van der Waals surface area contributed by atoms with Crippen LogP contribution in [0.3, 0.4) is 0 Å². The fraction of sp³-hybridized carbons (Fsp3) is 0.269. The normalized spacial score (nSPS) is 13.5. The van der Waals surface area contributed by atoms with Gasteiger partial charge in [-0.05, 0) is 87.1 Å². The molecule has 3 amide bonds. The third-order valence-corrected chi connectivity index (χ3v) is 7.59. The fourth-order valence-corrected chi connectivity index (χ4v) is 5.47. The number of halogens is 1. The van der Waals surface area contributed by atoms with Gasteiger partial charge in [-0.3, -0.25) is 14.4 Å². The van der Waals surface area contributed by atoms with Gasteiger partial charge in [0.05, 0.1) is 5.56 Å². The number of nitrogens with one attached hydrogen (secondary N) is 2. The predicted octanol–water partition coefficient (Wildman–Crippen LogP) is 5.35. The summed E-state index contributed by atoms with van der Waals surface area (Å²) in [5.41, 5.74) is 8.79. The van der Waals surface area contributed by atoms with Gasteiger partial charge in [0.15, 0.2) is 6.10 Å². The number of thiophene rings is 1. The third-order valence-electron chi connectivity index (χ3n) is 5.97. The first-order valence-electron chi connectivity index (χ1n) is 11.3. The number of primary amides is 1. The molecule has 1 aliphatic carbocycles. The minimum absolute atomic E-state index is 0.321. The van der Waals surface area contributed by atoms with E-state index in [4.69, 9.17) is 22.1 Å². The monoisotopic (exact) mass is 511 g/mol. The SMILES string of the molecule is Cc1c(Cl)cccc1NC(=O)[C@@H](C)Oc1ccc(C(=O)Nc2sc3c(c2C(N)=O)CCCC3)cc1. The maximum Gasteiger partial charge on any atom is 0.265 e. The smallest absolute Gasteiger partial charge is 0.265 e. The van der Waals surface area contributed by atoms with Gasteiger partial charge in [-0.1, -0.05) is 17.7 Å². The lowest BCUT2D eigenvalue weighted by Gasteiger charge is -2.16. The Bertz CT molecular complexity index is 1290. The predicted molar refractivity (Wildman–Crippen MR) is 139 cm³/mol. The lowest BCUT2D eigenvalue weighted by molar-refractivity contribution is -0.122. The van der Waals surface area contributed by atoms with Crippen molar-refractivity contribution in [1.82, 2.24) is 0 Å². The average Bonchev–Trinajstić information content (AvgIpc) is 3.20. The molecule has 7 nitrogen and oxygen atoms in total. The number of benzene rings is 2. The van der Waals surface area contributed by atoms with Crippen LogP contribution in [0.2, 0.25) is 5.02 Å². The van der Waals surface area contributed by atoms with Crippen LogP contribution in [0.1, 0.15) is 56.5 Å². The summed E-state index contributed by atoms with van der Waals surface area (Å²) in [6, 6.07) is 11.7. The van der Waals surface area contributed by atoms with Gasteiger partial charge in [0.25, 0.3) is 17.7 Å². The second-order valence-corrected chi connectivity index (χ2v) is 9.93. The standard InChI is InChI=1S/C26H26ClN3O4S/c1-14-19(27)7-5-8-20(14)29-24(32)15(2)34-17-12-10-16(11-13-17)25(33)30-26-22(23(28)31)18-6-3-4-9-21(18)35-26/h5,7-8,10-13,15H,3-4,6,9H2,1-2H3,(H2,28,31)(H,29,32)(H,30,33)/t15-/m1/s1. The van der Waals surface area contributed by atoms with E-state index in [1.165, 1.54) is 11.3 Å². The number of fused-ring (bicyclic) bond motifs is 1. The Morgan fingerprint density at radius 1 is 1.06 bits per heavy atom. The zero-order valence-electron chi connectivity index (χ0n) is 19.4. The van der Waals surface area contributed by atoms with Crippen molar-refractivity contribution in [3.8, 4) is 5.75 Å². The molecule has 1 aliphatic rings. The van der Waals surface area contributed by atoms with Crippen LogP contribution in [0.25, 0.3) is 0 Å². The first-order valence-corrected chi connectivity index (χ1v) is 12.5. The van der Waals surface area contributed by atoms with Gasteiger partial charge in [-0.2, -0.15) is 0 Å². The summed E-state index contributed by atoms with van der Waals surface area (Å²) in [5, 5.41) is 6.72. The lowest BCUT2D eigenvalue weighted by atomic mass is 9.95. The quantitative estimate of drug-likeness (QED) is 0.397. The van der Waals surface area contributed by atoms with Crippen molar-refractivity contribution in [2.24, 2.45) is 5.73 Å². The maximum absolute atomic E-state index is 12.8. The molecule has 0 saturated carbocycles. The van der Waals surface area contributed by atoms with Crippen LogP contribution in [0.4, 0.5) is 10.7 Å². The molecule has 1 atom stereocenters. The Kier molecular flexibility index (Phi) is 7.42. The summed E-state index contributed by atoms with van der Waals surface area (Å²) in [6.07, 6.45) is 2.99. The van der Waals surface area contributed by atoms with E-state index in [-0.39, 0.29) is 11.8 Å². The Labute approximate surface area is 212 Å². The molecule has 3 aromatic rings. The summed E-state index contributed by atoms with van der Waals surface area (Å²) in [4.78, 5) is 38.5. The molecule has 4 rings (SSSR count). The minimum Gasteiger partial charge on any atom is -0.481 e. The topological polar surface area (TPSA) is 111 Å². The van der Waals surface area contributed by atoms with Crippen LogP contribution in [0.5, 0.6) is 5.75 Å². The third kappa shape index (κ3) is 5.49. The molecule has 0 bridgehead atoms. The number of hydrogen-bond donors (Lipinski definition) is 3. The van der Waals surface area contributed by atoms with E-state index in [1.54, 1.807) is 49.4 Å². The number of nitrogens with two attached hydrogens (primary N) is 1. The maximum atomic E-state index is 12.8. The zero-order valence-corrected chi connectivity index (χ0v) is 21.0. The lowest BCUT2D eigenvalue weighted by Crippen LogP contribution is -2.30. The molecule has 2 aromatic carbocycles. The molecule has 0 saturated heterocycles. The molecular formula is C26H26ClN3O4S. The molecule has 0 aliphatic heterocycles. The van der Waals surface area contributed by atoms with E-state index in [0.717, 1.165) is 41.7 Å². The molecule has 0 spiro atoms. The number of carbonyl (C=O) groups is 3. The highest BCUT2D eigenvalue weighted by atomic mass is 35.5. The second-order valence-electron chi connectivity index (χ2n) is 8.42. The molecule has 182 valence electrons. The summed E-state index contributed by atoms with van der Waals surface area (Å²) < 4.78 is 5.74. The van der Waals surface area contributed by atoms with Crippen LogP contribution in [0, 0.1) is 6.92 Å². The molecule has 1 aromatic heterocycles. The molecule has 1 heterocycles. The van der Waals surface area contributed by atoms with Crippen LogP contribution >= 0.6 is 22.9 Å². The van der Waals surface area contributed by atoms with Gasteiger partial charge >= 0.3 is 0 Å². The van der Waals surface area contributed by atoms with Crippen molar-refractivity contribution in [2.75, 3.05) is 10.6 Å². The van der Waals surface area contributed by atoms with Crippen molar-refractivity contribution >= 4 is 51.3 Å². The van der Waals surface area contributed by atoms with E-state index in [2.05, 4.69) is 10.6 Å². The highest BCUT2D eigenvalue weighted by molar-refractivity contribution is 7.17. The van der Waals surface area contributed by atoms with Crippen molar-refractivity contribution in [2.45, 2.75) is 45.6 Å². The van der Waals surface area contributed by atoms with Gasteiger partial charge in [0, 0.05) is 21.2 Å². The molecule has 4 N–H and O–H groups in total. The van der Waals surface area contributed by atoms with Crippen molar-refractivity contribution < 1.29 is 19.1 Å². The number of hydrogen-bond acceptors (Lipinski definition) is 5. The molecule has 9 heteroatoms. The number of rotatable bonds is 7. The highest BCUT2D eigenvalue weighted by Crippen LogP contribution is 2.38. The van der Waals surface area contributed by atoms with Crippen LogP contribution in [0.15, 0.2) is 42.5 Å². The number of aryl methyl sites for hydroxylation is 1. The summed E-state index contributed by atoms with van der Waals surface area (Å²) in [5.74, 6) is -0.752. The largest absolute Gasteiger partial charge is 0.481 e. The average molecular weight is 512 g/mol. The minimum atomic E-state index is -0.774. The molecule has 0 fully saturated rings. The number of carbonyl (C=O) groups excluding carboxylic acids is 3. The van der Waals surface area contributed by atoms with E-state index < -0.39 is 12.0 Å². The fourth-order valence-electron chi connectivity index (χ4n) is 4.01. The van der Waals surface area contributed by atoms with Gasteiger partial charge < -0.3 is 21.1 Å². The molecule has 0 radical (unpaired) electrons. The van der Waals surface area contributed by atoms with Crippen LogP contribution in [-0.2, 0) is 17.6 Å². The van der Waals surface area contributed by atoms with Gasteiger partial charge in [0.2, 0.25) is 0 Å². The number of ether oxygens (including phenoxy) is 1. The van der Waals surface area contributed by atoms with E-state index in [9.17, 15) is 14.4 Å². The Morgan fingerprint density at radius 3 is 2.49 bits per heavy atom.